The standard InChI is InChI=1S/C15H13IO3S/c1-18-13-9-10(15(17)19-2)3-8-14(13)20-12-6-4-11(16)5-7-12/h3-9H,1-2H3. The van der Waals surface area contributed by atoms with Gasteiger partial charge in [0.05, 0.1) is 24.7 Å². The lowest BCUT2D eigenvalue weighted by Gasteiger charge is -2.09. The average molecular weight is 400 g/mol. The molecule has 0 heterocycles. The van der Waals surface area contributed by atoms with Crippen molar-refractivity contribution in [1.82, 2.24) is 0 Å². The first kappa shape index (κ1) is 15.2. The van der Waals surface area contributed by atoms with Crippen molar-refractivity contribution in [2.24, 2.45) is 0 Å². The van der Waals surface area contributed by atoms with Crippen LogP contribution in [0.15, 0.2) is 52.3 Å². The zero-order valence-corrected chi connectivity index (χ0v) is 14.0. The molecule has 5 heteroatoms. The molecule has 0 amide bonds. The number of hydrogen-bond acceptors (Lipinski definition) is 4. The summed E-state index contributed by atoms with van der Waals surface area (Å²) in [6.07, 6.45) is 0. The lowest BCUT2D eigenvalue weighted by atomic mass is 10.2. The first-order valence-electron chi connectivity index (χ1n) is 5.84. The minimum absolute atomic E-state index is 0.367. The van der Waals surface area contributed by atoms with Crippen molar-refractivity contribution in [2.75, 3.05) is 14.2 Å². The van der Waals surface area contributed by atoms with Crippen LogP contribution in [0.4, 0.5) is 0 Å². The van der Waals surface area contributed by atoms with Gasteiger partial charge in [0.2, 0.25) is 0 Å². The van der Waals surface area contributed by atoms with Gasteiger partial charge in [-0.3, -0.25) is 0 Å². The molecule has 0 aromatic heterocycles. The van der Waals surface area contributed by atoms with Crippen LogP contribution in [0.1, 0.15) is 10.4 Å². The minimum atomic E-state index is -0.367. The Morgan fingerprint density at radius 2 is 1.80 bits per heavy atom. The second-order valence-corrected chi connectivity index (χ2v) is 6.27. The molecule has 0 bridgehead atoms. The Morgan fingerprint density at radius 3 is 2.40 bits per heavy atom. The van der Waals surface area contributed by atoms with Crippen molar-refractivity contribution in [3.8, 4) is 5.75 Å². The molecular formula is C15H13IO3S. The van der Waals surface area contributed by atoms with Gasteiger partial charge in [0.1, 0.15) is 5.75 Å². The molecule has 0 radical (unpaired) electrons. The van der Waals surface area contributed by atoms with Gasteiger partial charge in [-0.2, -0.15) is 0 Å². The van der Waals surface area contributed by atoms with Crippen LogP contribution < -0.4 is 4.74 Å². The van der Waals surface area contributed by atoms with Crippen molar-refractivity contribution in [1.29, 1.82) is 0 Å². The van der Waals surface area contributed by atoms with E-state index in [4.69, 9.17) is 9.47 Å². The van der Waals surface area contributed by atoms with Crippen LogP contribution >= 0.6 is 34.4 Å². The van der Waals surface area contributed by atoms with Crippen LogP contribution in [0.25, 0.3) is 0 Å². The van der Waals surface area contributed by atoms with Crippen LogP contribution in [0.5, 0.6) is 5.75 Å². The number of ether oxygens (including phenoxy) is 2. The first-order chi connectivity index (χ1) is 9.63. The van der Waals surface area contributed by atoms with Crippen LogP contribution in [0, 0.1) is 3.57 Å². The molecule has 2 rings (SSSR count). The summed E-state index contributed by atoms with van der Waals surface area (Å²) in [6, 6.07) is 13.5. The number of carbonyl (C=O) groups excluding carboxylic acids is 1. The Kier molecular flexibility index (Phi) is 5.31. The predicted octanol–water partition coefficient (Wildman–Crippen LogP) is 4.24. The highest BCUT2D eigenvalue weighted by atomic mass is 127. The predicted molar refractivity (Wildman–Crippen MR) is 87.6 cm³/mol. The van der Waals surface area contributed by atoms with E-state index in [1.165, 1.54) is 10.7 Å². The normalized spacial score (nSPS) is 10.2. The van der Waals surface area contributed by atoms with E-state index in [0.29, 0.717) is 11.3 Å². The molecule has 0 spiro atoms. The molecule has 3 nitrogen and oxygen atoms in total. The van der Waals surface area contributed by atoms with Gasteiger partial charge < -0.3 is 9.47 Å². The zero-order valence-electron chi connectivity index (χ0n) is 11.1. The van der Waals surface area contributed by atoms with E-state index in [9.17, 15) is 4.79 Å². The van der Waals surface area contributed by atoms with Gasteiger partial charge in [0.15, 0.2) is 0 Å². The average Bonchev–Trinajstić information content (AvgIpc) is 2.49. The first-order valence-corrected chi connectivity index (χ1v) is 7.73. The van der Waals surface area contributed by atoms with Gasteiger partial charge in [-0.25, -0.2) is 4.79 Å². The topological polar surface area (TPSA) is 35.5 Å². The third kappa shape index (κ3) is 3.67. The molecule has 20 heavy (non-hydrogen) atoms. The fourth-order valence-electron chi connectivity index (χ4n) is 1.63. The van der Waals surface area contributed by atoms with Gasteiger partial charge in [-0.1, -0.05) is 11.8 Å². The van der Waals surface area contributed by atoms with Crippen LogP contribution in [-0.2, 0) is 4.74 Å². The van der Waals surface area contributed by atoms with Crippen molar-refractivity contribution in [2.45, 2.75) is 9.79 Å². The van der Waals surface area contributed by atoms with Crippen molar-refractivity contribution < 1.29 is 14.3 Å². The molecule has 0 fully saturated rings. The fourth-order valence-corrected chi connectivity index (χ4v) is 2.89. The molecule has 0 aliphatic heterocycles. The lowest BCUT2D eigenvalue weighted by molar-refractivity contribution is 0.0600. The molecule has 2 aromatic rings. The molecule has 0 atom stereocenters. The summed E-state index contributed by atoms with van der Waals surface area (Å²) in [5.41, 5.74) is 0.483. The summed E-state index contributed by atoms with van der Waals surface area (Å²) >= 11 is 3.87. The highest BCUT2D eigenvalue weighted by Crippen LogP contribution is 2.35. The monoisotopic (exact) mass is 400 g/mol. The number of hydrogen-bond donors (Lipinski definition) is 0. The maximum absolute atomic E-state index is 11.5. The van der Waals surface area contributed by atoms with E-state index >= 15 is 0 Å². The van der Waals surface area contributed by atoms with Gasteiger partial charge >= 0.3 is 5.97 Å². The smallest absolute Gasteiger partial charge is 0.337 e. The Morgan fingerprint density at radius 1 is 1.10 bits per heavy atom. The summed E-state index contributed by atoms with van der Waals surface area (Å²) in [6.45, 7) is 0. The quantitative estimate of drug-likeness (QED) is 0.568. The van der Waals surface area contributed by atoms with E-state index in [1.807, 2.05) is 6.07 Å². The van der Waals surface area contributed by atoms with E-state index in [1.54, 1.807) is 31.0 Å². The Hall–Kier alpha value is -1.21. The molecule has 0 aliphatic rings. The zero-order chi connectivity index (χ0) is 14.5. The summed E-state index contributed by atoms with van der Waals surface area (Å²) in [7, 11) is 2.96. The number of esters is 1. The second kappa shape index (κ2) is 6.99. The maximum atomic E-state index is 11.5. The largest absolute Gasteiger partial charge is 0.496 e. The van der Waals surface area contributed by atoms with E-state index in [2.05, 4.69) is 46.9 Å². The highest BCUT2D eigenvalue weighted by molar-refractivity contribution is 14.1. The van der Waals surface area contributed by atoms with Crippen LogP contribution in [0.3, 0.4) is 0 Å². The number of benzene rings is 2. The molecule has 0 unspecified atom stereocenters. The van der Waals surface area contributed by atoms with Gasteiger partial charge in [0, 0.05) is 8.47 Å². The minimum Gasteiger partial charge on any atom is -0.496 e. The van der Waals surface area contributed by atoms with Gasteiger partial charge in [-0.05, 0) is 65.1 Å². The highest BCUT2D eigenvalue weighted by Gasteiger charge is 2.11. The van der Waals surface area contributed by atoms with Crippen molar-refractivity contribution in [3.63, 3.8) is 0 Å². The van der Waals surface area contributed by atoms with Crippen molar-refractivity contribution >= 4 is 40.3 Å². The van der Waals surface area contributed by atoms with E-state index < -0.39 is 0 Å². The maximum Gasteiger partial charge on any atom is 0.337 e. The number of methoxy groups -OCH3 is 2. The molecule has 0 saturated heterocycles. The van der Waals surface area contributed by atoms with E-state index in [-0.39, 0.29) is 5.97 Å². The Balaban J connectivity index is 2.27. The number of rotatable bonds is 4. The third-order valence-corrected chi connectivity index (χ3v) is 4.41. The molecule has 0 aliphatic carbocycles. The molecule has 104 valence electrons. The molecule has 0 N–H and O–H groups in total. The summed E-state index contributed by atoms with van der Waals surface area (Å²) in [5.74, 6) is 0.297. The fraction of sp³-hybridized carbons (Fsp3) is 0.133. The van der Waals surface area contributed by atoms with Crippen molar-refractivity contribution in [3.05, 3.63) is 51.6 Å². The second-order valence-electron chi connectivity index (χ2n) is 3.91. The summed E-state index contributed by atoms with van der Waals surface area (Å²) in [4.78, 5) is 13.6. The van der Waals surface area contributed by atoms with E-state index in [0.717, 1.165) is 9.79 Å². The SMILES string of the molecule is COC(=O)c1ccc(Sc2ccc(I)cc2)c(OC)c1. The Labute approximate surface area is 135 Å². The van der Waals surface area contributed by atoms with Gasteiger partial charge in [0.25, 0.3) is 0 Å². The summed E-state index contributed by atoms with van der Waals surface area (Å²) in [5, 5.41) is 0. The van der Waals surface area contributed by atoms with Crippen LogP contribution in [0.2, 0.25) is 0 Å². The lowest BCUT2D eigenvalue weighted by Crippen LogP contribution is -2.01. The number of carbonyl (C=O) groups is 1. The summed E-state index contributed by atoms with van der Waals surface area (Å²) < 4.78 is 11.2. The third-order valence-electron chi connectivity index (χ3n) is 2.63. The molecule has 0 saturated carbocycles. The number of halogens is 1. The van der Waals surface area contributed by atoms with Gasteiger partial charge in [-0.15, -0.1) is 0 Å². The van der Waals surface area contributed by atoms with Crippen LogP contribution in [-0.4, -0.2) is 20.2 Å². The Bertz CT molecular complexity index is 611. The molecule has 2 aromatic carbocycles. The molecular weight excluding hydrogens is 387 g/mol.